The highest BCUT2D eigenvalue weighted by molar-refractivity contribution is 5.93. The molecule has 2 amide bonds. The molecule has 8 nitrogen and oxygen atoms in total. The molecule has 1 aliphatic heterocycles. The molecular weight excluding hydrogens is 434 g/mol. The average molecular weight is 457 g/mol. The van der Waals surface area contributed by atoms with E-state index in [1.165, 1.54) is 35.4 Å². The van der Waals surface area contributed by atoms with E-state index in [4.69, 9.17) is 4.74 Å². The zero-order chi connectivity index (χ0) is 23.7. The van der Waals surface area contributed by atoms with Crippen molar-refractivity contribution in [3.8, 4) is 11.1 Å². The number of ether oxygens (including phenoxy) is 1. The van der Waals surface area contributed by atoms with Crippen molar-refractivity contribution in [2.24, 2.45) is 5.92 Å². The van der Waals surface area contributed by atoms with Crippen LogP contribution in [0.3, 0.4) is 0 Å². The monoisotopic (exact) mass is 457 g/mol. The minimum atomic E-state index is -0.491. The number of amides is 2. The molecule has 1 saturated heterocycles. The lowest BCUT2D eigenvalue weighted by Gasteiger charge is -2.19. The van der Waals surface area contributed by atoms with Gasteiger partial charge < -0.3 is 15.0 Å². The number of hydrogen-bond acceptors (Lipinski definition) is 5. The second-order valence-corrected chi connectivity index (χ2v) is 8.53. The molecule has 34 heavy (non-hydrogen) atoms. The lowest BCUT2D eigenvalue weighted by atomic mass is 9.98. The summed E-state index contributed by atoms with van der Waals surface area (Å²) < 4.78 is 5.70. The third-order valence-electron chi connectivity index (χ3n) is 6.50. The van der Waals surface area contributed by atoms with Gasteiger partial charge in [0.1, 0.15) is 6.61 Å². The minimum absolute atomic E-state index is 0.0137. The number of rotatable bonds is 5. The number of non-ortho nitro benzene ring substituents is 1. The highest BCUT2D eigenvalue weighted by Gasteiger charge is 2.34. The molecular formula is C26H23N3O5. The number of fused-ring (bicyclic) bond motifs is 3. The maximum absolute atomic E-state index is 12.8. The third kappa shape index (κ3) is 4.10. The number of anilines is 1. The number of nitrogens with zero attached hydrogens (tertiary/aromatic N) is 2. The Morgan fingerprint density at radius 1 is 0.971 bits per heavy atom. The van der Waals surface area contributed by atoms with Crippen molar-refractivity contribution in [2.45, 2.75) is 12.3 Å². The first-order valence-corrected chi connectivity index (χ1v) is 11.2. The number of nitrogens with one attached hydrogen (secondary N) is 1. The quantitative estimate of drug-likeness (QED) is 0.438. The van der Waals surface area contributed by atoms with E-state index >= 15 is 0 Å². The number of nitro groups is 1. The van der Waals surface area contributed by atoms with E-state index in [2.05, 4.69) is 29.6 Å². The van der Waals surface area contributed by atoms with Crippen molar-refractivity contribution < 1.29 is 19.2 Å². The summed E-state index contributed by atoms with van der Waals surface area (Å²) in [5.74, 6) is -0.598. The van der Waals surface area contributed by atoms with Crippen LogP contribution < -0.4 is 5.32 Å². The van der Waals surface area contributed by atoms with Gasteiger partial charge in [-0.3, -0.25) is 14.9 Å². The first kappa shape index (κ1) is 21.6. The second-order valence-electron chi connectivity index (χ2n) is 8.53. The summed E-state index contributed by atoms with van der Waals surface area (Å²) in [4.78, 5) is 37.2. The van der Waals surface area contributed by atoms with Crippen LogP contribution in [0.15, 0.2) is 72.8 Å². The second kappa shape index (κ2) is 8.97. The van der Waals surface area contributed by atoms with Crippen LogP contribution in [0.1, 0.15) is 23.5 Å². The van der Waals surface area contributed by atoms with Crippen molar-refractivity contribution in [3.63, 3.8) is 0 Å². The van der Waals surface area contributed by atoms with E-state index in [-0.39, 0.29) is 36.6 Å². The van der Waals surface area contributed by atoms with Crippen LogP contribution in [0.2, 0.25) is 0 Å². The van der Waals surface area contributed by atoms with E-state index in [9.17, 15) is 19.7 Å². The number of nitro benzene ring substituents is 1. The van der Waals surface area contributed by atoms with Crippen LogP contribution >= 0.6 is 0 Å². The van der Waals surface area contributed by atoms with Gasteiger partial charge in [0, 0.05) is 36.8 Å². The van der Waals surface area contributed by atoms with Gasteiger partial charge in [-0.05, 0) is 40.8 Å². The SMILES string of the molecule is O=C(Nc1ccc([N+](=O)[O-])cc1)[C@@H]1CCN(C(=O)OCC2c3ccccc3-c3ccccc32)C1. The first-order valence-electron chi connectivity index (χ1n) is 11.2. The summed E-state index contributed by atoms with van der Waals surface area (Å²) in [5.41, 5.74) is 5.08. The summed E-state index contributed by atoms with van der Waals surface area (Å²) in [6.07, 6.45) is 0.107. The Morgan fingerprint density at radius 2 is 1.59 bits per heavy atom. The van der Waals surface area contributed by atoms with Crippen LogP contribution in [0.5, 0.6) is 0 Å². The fourth-order valence-corrected chi connectivity index (χ4v) is 4.74. The van der Waals surface area contributed by atoms with E-state index in [1.54, 1.807) is 4.90 Å². The molecule has 8 heteroatoms. The maximum atomic E-state index is 12.8. The molecule has 1 aliphatic carbocycles. The average Bonchev–Trinajstić information content (AvgIpc) is 3.47. The van der Waals surface area contributed by atoms with Crippen molar-refractivity contribution in [1.82, 2.24) is 4.90 Å². The zero-order valence-electron chi connectivity index (χ0n) is 18.3. The molecule has 2 aliphatic rings. The smallest absolute Gasteiger partial charge is 0.409 e. The predicted molar refractivity (Wildman–Crippen MR) is 126 cm³/mol. The van der Waals surface area contributed by atoms with Gasteiger partial charge in [0.05, 0.1) is 10.8 Å². The number of hydrogen-bond donors (Lipinski definition) is 1. The number of carbonyl (C=O) groups excluding carboxylic acids is 2. The standard InChI is InChI=1S/C26H23N3O5/c30-25(27-18-9-11-19(12-10-18)29(32)33)17-13-14-28(15-17)26(31)34-16-24-22-7-3-1-5-20(22)21-6-2-4-8-23(21)24/h1-12,17,24H,13-16H2,(H,27,30)/t17-/m1/s1. The van der Waals surface area contributed by atoms with Crippen LogP contribution in [-0.4, -0.2) is 41.5 Å². The van der Waals surface area contributed by atoms with E-state index < -0.39 is 11.0 Å². The topological polar surface area (TPSA) is 102 Å². The fraction of sp³-hybridized carbons (Fsp3) is 0.231. The summed E-state index contributed by atoms with van der Waals surface area (Å²) in [6, 6.07) is 22.0. The summed E-state index contributed by atoms with van der Waals surface area (Å²) in [5, 5.41) is 13.5. The molecule has 3 aromatic rings. The third-order valence-corrected chi connectivity index (χ3v) is 6.50. The van der Waals surface area contributed by atoms with Gasteiger partial charge in [0.25, 0.3) is 5.69 Å². The molecule has 1 atom stereocenters. The molecule has 0 unspecified atom stereocenters. The van der Waals surface area contributed by atoms with Crippen molar-refractivity contribution in [2.75, 3.05) is 25.0 Å². The molecule has 0 aromatic heterocycles. The molecule has 1 heterocycles. The summed E-state index contributed by atoms with van der Waals surface area (Å²) >= 11 is 0. The predicted octanol–water partition coefficient (Wildman–Crippen LogP) is 4.80. The Hall–Kier alpha value is -4.20. The van der Waals surface area contributed by atoms with Crippen LogP contribution in [-0.2, 0) is 9.53 Å². The van der Waals surface area contributed by atoms with E-state index in [0.29, 0.717) is 18.7 Å². The maximum Gasteiger partial charge on any atom is 0.409 e. The summed E-state index contributed by atoms with van der Waals surface area (Å²) in [7, 11) is 0. The van der Waals surface area contributed by atoms with Crippen molar-refractivity contribution >= 4 is 23.4 Å². The molecule has 0 radical (unpaired) electrons. The summed E-state index contributed by atoms with van der Waals surface area (Å²) in [6.45, 7) is 0.952. The van der Waals surface area contributed by atoms with Gasteiger partial charge in [-0.1, -0.05) is 48.5 Å². The molecule has 1 N–H and O–H groups in total. The van der Waals surface area contributed by atoms with Crippen LogP contribution in [0.25, 0.3) is 11.1 Å². The lowest BCUT2D eigenvalue weighted by Crippen LogP contribution is -2.32. The fourth-order valence-electron chi connectivity index (χ4n) is 4.74. The Morgan fingerprint density at radius 3 is 2.21 bits per heavy atom. The largest absolute Gasteiger partial charge is 0.448 e. The van der Waals surface area contributed by atoms with Crippen molar-refractivity contribution in [3.05, 3.63) is 94.0 Å². The Balaban J connectivity index is 1.18. The zero-order valence-corrected chi connectivity index (χ0v) is 18.3. The molecule has 0 bridgehead atoms. The minimum Gasteiger partial charge on any atom is -0.448 e. The number of benzene rings is 3. The molecule has 1 fully saturated rings. The Kier molecular flexibility index (Phi) is 5.71. The molecule has 0 spiro atoms. The highest BCUT2D eigenvalue weighted by atomic mass is 16.6. The van der Waals surface area contributed by atoms with Gasteiger partial charge in [-0.25, -0.2) is 4.79 Å². The molecule has 3 aromatic carbocycles. The van der Waals surface area contributed by atoms with E-state index in [1.807, 2.05) is 24.3 Å². The van der Waals surface area contributed by atoms with E-state index in [0.717, 1.165) is 11.1 Å². The van der Waals surface area contributed by atoms with Crippen LogP contribution in [0, 0.1) is 16.0 Å². The van der Waals surface area contributed by atoms with Gasteiger partial charge >= 0.3 is 6.09 Å². The lowest BCUT2D eigenvalue weighted by molar-refractivity contribution is -0.384. The normalized spacial score (nSPS) is 16.6. The van der Waals surface area contributed by atoms with Gasteiger partial charge in [0.2, 0.25) is 5.91 Å². The number of carbonyl (C=O) groups is 2. The highest BCUT2D eigenvalue weighted by Crippen LogP contribution is 2.44. The first-order chi connectivity index (χ1) is 16.5. The number of likely N-dealkylation sites (tertiary alicyclic amines) is 1. The van der Waals surface area contributed by atoms with Gasteiger partial charge in [-0.2, -0.15) is 0 Å². The van der Waals surface area contributed by atoms with Gasteiger partial charge in [-0.15, -0.1) is 0 Å². The molecule has 5 rings (SSSR count). The van der Waals surface area contributed by atoms with Crippen LogP contribution in [0.4, 0.5) is 16.2 Å². The van der Waals surface area contributed by atoms with Crippen molar-refractivity contribution in [1.29, 1.82) is 0 Å². The Labute approximate surface area is 196 Å². The van der Waals surface area contributed by atoms with Gasteiger partial charge in [0.15, 0.2) is 0 Å². The molecule has 172 valence electrons. The Bertz CT molecular complexity index is 1210. The molecule has 0 saturated carbocycles.